The van der Waals surface area contributed by atoms with Crippen LogP contribution in [-0.4, -0.2) is 25.2 Å². The number of hydrogen-bond donors (Lipinski definition) is 1. The van der Waals surface area contributed by atoms with Crippen molar-refractivity contribution in [2.45, 2.75) is 5.92 Å². The quantitative estimate of drug-likeness (QED) is 0.661. The number of likely N-dealkylation sites (N-methyl/N-ethyl adjacent to an activating group) is 1. The van der Waals surface area contributed by atoms with Gasteiger partial charge in [-0.2, -0.15) is 5.10 Å². The predicted octanol–water partition coefficient (Wildman–Crippen LogP) is 4.23. The number of nitrogens with one attached hydrogen (secondary N) is 1. The minimum absolute atomic E-state index is 0.282. The topological polar surface area (TPSA) is 27.6 Å². The van der Waals surface area contributed by atoms with Crippen LogP contribution in [0.2, 0.25) is 0 Å². The van der Waals surface area contributed by atoms with Crippen molar-refractivity contribution in [3.63, 3.8) is 0 Å². The Balaban J connectivity index is 1.81. The SMILES string of the molecule is CN(C)C1=CC=CC1c1ccccc1C=NNc1ccccc1. The Morgan fingerprint density at radius 3 is 2.52 bits per heavy atom. The van der Waals surface area contributed by atoms with Crippen molar-refractivity contribution < 1.29 is 0 Å². The van der Waals surface area contributed by atoms with Gasteiger partial charge in [0.05, 0.1) is 11.9 Å². The zero-order valence-corrected chi connectivity index (χ0v) is 13.5. The van der Waals surface area contributed by atoms with Crippen molar-refractivity contribution in [3.05, 3.63) is 89.6 Å². The van der Waals surface area contributed by atoms with Gasteiger partial charge < -0.3 is 4.90 Å². The molecular formula is C20H21N3. The van der Waals surface area contributed by atoms with E-state index in [4.69, 9.17) is 0 Å². The van der Waals surface area contributed by atoms with E-state index in [0.717, 1.165) is 11.3 Å². The average molecular weight is 303 g/mol. The minimum atomic E-state index is 0.282. The average Bonchev–Trinajstić information content (AvgIpc) is 3.06. The van der Waals surface area contributed by atoms with Crippen LogP contribution in [0, 0.1) is 0 Å². The molecule has 1 N–H and O–H groups in total. The number of nitrogens with zero attached hydrogens (tertiary/aromatic N) is 2. The summed E-state index contributed by atoms with van der Waals surface area (Å²) in [5.41, 5.74) is 7.74. The van der Waals surface area contributed by atoms with Crippen LogP contribution in [0.5, 0.6) is 0 Å². The first kappa shape index (κ1) is 15.1. The summed E-state index contributed by atoms with van der Waals surface area (Å²) >= 11 is 0. The molecule has 23 heavy (non-hydrogen) atoms. The summed E-state index contributed by atoms with van der Waals surface area (Å²) in [7, 11) is 4.17. The Labute approximate surface area is 137 Å². The van der Waals surface area contributed by atoms with E-state index in [-0.39, 0.29) is 5.92 Å². The third-order valence-electron chi connectivity index (χ3n) is 3.91. The molecule has 0 saturated carbocycles. The first-order valence-electron chi connectivity index (χ1n) is 7.74. The van der Waals surface area contributed by atoms with Crippen molar-refractivity contribution in [1.82, 2.24) is 4.90 Å². The van der Waals surface area contributed by atoms with Crippen molar-refractivity contribution in [2.24, 2.45) is 5.10 Å². The Morgan fingerprint density at radius 1 is 1.00 bits per heavy atom. The van der Waals surface area contributed by atoms with Gasteiger partial charge in [-0.3, -0.25) is 5.43 Å². The van der Waals surface area contributed by atoms with Gasteiger partial charge in [-0.1, -0.05) is 54.6 Å². The van der Waals surface area contributed by atoms with Crippen molar-refractivity contribution in [2.75, 3.05) is 19.5 Å². The molecule has 0 aliphatic heterocycles. The molecular weight excluding hydrogens is 282 g/mol. The standard InChI is InChI=1S/C20H21N3/c1-23(2)20-14-8-13-19(20)18-12-7-6-9-16(18)15-21-22-17-10-4-3-5-11-17/h3-15,19,22H,1-2H3. The zero-order chi connectivity index (χ0) is 16.1. The molecule has 2 aromatic rings. The maximum Gasteiger partial charge on any atom is 0.0561 e. The van der Waals surface area contributed by atoms with Gasteiger partial charge in [-0.15, -0.1) is 0 Å². The van der Waals surface area contributed by atoms with Gasteiger partial charge in [0.25, 0.3) is 0 Å². The van der Waals surface area contributed by atoms with E-state index < -0.39 is 0 Å². The summed E-state index contributed by atoms with van der Waals surface area (Å²) in [5.74, 6) is 0.282. The van der Waals surface area contributed by atoms with Crippen molar-refractivity contribution in [3.8, 4) is 0 Å². The lowest BCUT2D eigenvalue weighted by Crippen LogP contribution is -2.16. The molecule has 0 amide bonds. The number of hydrazone groups is 1. The second-order valence-corrected chi connectivity index (χ2v) is 5.71. The molecule has 1 atom stereocenters. The van der Waals surface area contributed by atoms with E-state index in [9.17, 15) is 0 Å². The molecule has 3 heteroatoms. The smallest absolute Gasteiger partial charge is 0.0561 e. The fourth-order valence-electron chi connectivity index (χ4n) is 2.76. The third kappa shape index (κ3) is 3.51. The molecule has 116 valence electrons. The van der Waals surface area contributed by atoms with Crippen LogP contribution in [0.3, 0.4) is 0 Å². The molecule has 0 heterocycles. The van der Waals surface area contributed by atoms with E-state index in [2.05, 4.69) is 65.9 Å². The lowest BCUT2D eigenvalue weighted by Gasteiger charge is -2.23. The highest BCUT2D eigenvalue weighted by Crippen LogP contribution is 2.32. The van der Waals surface area contributed by atoms with Gasteiger partial charge in [0, 0.05) is 25.7 Å². The van der Waals surface area contributed by atoms with E-state index in [1.165, 1.54) is 11.3 Å². The van der Waals surface area contributed by atoms with Gasteiger partial charge in [-0.25, -0.2) is 0 Å². The van der Waals surface area contributed by atoms with Crippen LogP contribution >= 0.6 is 0 Å². The van der Waals surface area contributed by atoms with E-state index >= 15 is 0 Å². The normalized spacial score (nSPS) is 16.6. The Morgan fingerprint density at radius 2 is 1.74 bits per heavy atom. The van der Waals surface area contributed by atoms with Crippen LogP contribution in [0.15, 0.2) is 83.6 Å². The molecule has 0 radical (unpaired) electrons. The highest BCUT2D eigenvalue weighted by atomic mass is 15.3. The van der Waals surface area contributed by atoms with Crippen molar-refractivity contribution in [1.29, 1.82) is 0 Å². The van der Waals surface area contributed by atoms with Gasteiger partial charge in [-0.05, 0) is 29.3 Å². The highest BCUT2D eigenvalue weighted by Gasteiger charge is 2.20. The van der Waals surface area contributed by atoms with Crippen LogP contribution in [-0.2, 0) is 0 Å². The maximum atomic E-state index is 4.38. The number of anilines is 1. The summed E-state index contributed by atoms with van der Waals surface area (Å²) in [6.07, 6.45) is 8.41. The second kappa shape index (κ2) is 6.97. The molecule has 1 aliphatic carbocycles. The van der Waals surface area contributed by atoms with E-state index in [0.29, 0.717) is 0 Å². The summed E-state index contributed by atoms with van der Waals surface area (Å²) in [5, 5.41) is 4.38. The Hall–Kier alpha value is -2.81. The molecule has 2 aromatic carbocycles. The summed E-state index contributed by atoms with van der Waals surface area (Å²) in [6.45, 7) is 0. The van der Waals surface area contributed by atoms with Crippen molar-refractivity contribution >= 4 is 11.9 Å². The fourth-order valence-corrected chi connectivity index (χ4v) is 2.76. The zero-order valence-electron chi connectivity index (χ0n) is 13.5. The van der Waals surface area contributed by atoms with Crippen LogP contribution in [0.1, 0.15) is 17.0 Å². The second-order valence-electron chi connectivity index (χ2n) is 5.71. The van der Waals surface area contributed by atoms with Crippen LogP contribution in [0.4, 0.5) is 5.69 Å². The van der Waals surface area contributed by atoms with Gasteiger partial charge >= 0.3 is 0 Å². The van der Waals surface area contributed by atoms with E-state index in [1.54, 1.807) is 0 Å². The molecule has 0 spiro atoms. The molecule has 3 rings (SSSR count). The summed E-state index contributed by atoms with van der Waals surface area (Å²) < 4.78 is 0. The minimum Gasteiger partial charge on any atom is -0.380 e. The molecule has 0 saturated heterocycles. The van der Waals surface area contributed by atoms with Gasteiger partial charge in [0.1, 0.15) is 0 Å². The summed E-state index contributed by atoms with van der Waals surface area (Å²) in [6, 6.07) is 18.4. The Kier molecular flexibility index (Phi) is 4.57. The number of para-hydroxylation sites is 1. The fraction of sp³-hybridized carbons (Fsp3) is 0.150. The van der Waals surface area contributed by atoms with Crippen LogP contribution < -0.4 is 5.43 Å². The third-order valence-corrected chi connectivity index (χ3v) is 3.91. The maximum absolute atomic E-state index is 4.38. The Bertz CT molecular complexity index is 742. The van der Waals surface area contributed by atoms with E-state index in [1.807, 2.05) is 42.6 Å². The molecule has 0 fully saturated rings. The first-order chi connectivity index (χ1) is 11.3. The van der Waals surface area contributed by atoms with Gasteiger partial charge in [0.2, 0.25) is 0 Å². The van der Waals surface area contributed by atoms with Crippen LogP contribution in [0.25, 0.3) is 0 Å². The highest BCUT2D eigenvalue weighted by molar-refractivity contribution is 5.83. The number of hydrogen-bond acceptors (Lipinski definition) is 3. The monoisotopic (exact) mass is 303 g/mol. The molecule has 1 unspecified atom stereocenters. The predicted molar refractivity (Wildman–Crippen MR) is 97.8 cm³/mol. The molecule has 0 bridgehead atoms. The molecule has 0 aromatic heterocycles. The molecule has 3 nitrogen and oxygen atoms in total. The largest absolute Gasteiger partial charge is 0.380 e. The lowest BCUT2D eigenvalue weighted by atomic mass is 9.93. The summed E-state index contributed by atoms with van der Waals surface area (Å²) in [4.78, 5) is 2.17. The lowest BCUT2D eigenvalue weighted by molar-refractivity contribution is 0.487. The number of benzene rings is 2. The van der Waals surface area contributed by atoms with Gasteiger partial charge in [0.15, 0.2) is 0 Å². The molecule has 1 aliphatic rings. The first-order valence-corrected chi connectivity index (χ1v) is 7.74. The number of rotatable bonds is 5. The number of allylic oxidation sites excluding steroid dienone is 3.